The Morgan fingerprint density at radius 3 is 2.31 bits per heavy atom. The smallest absolute Gasteiger partial charge is 0.144 e. The highest BCUT2D eigenvalue weighted by Crippen LogP contribution is 2.42. The molecule has 2 aromatic heterocycles. The predicted octanol–water partition coefficient (Wildman–Crippen LogP) is 6.94. The zero-order valence-electron chi connectivity index (χ0n) is 22.8. The van der Waals surface area contributed by atoms with Gasteiger partial charge in [-0.3, -0.25) is 4.98 Å². The van der Waals surface area contributed by atoms with Crippen LogP contribution in [-0.2, 0) is 5.21 Å². The van der Waals surface area contributed by atoms with Gasteiger partial charge < -0.3 is 4.42 Å². The zero-order chi connectivity index (χ0) is 27.5. The molecule has 188 valence electrons. The summed E-state index contributed by atoms with van der Waals surface area (Å²) in [6.07, 6.45) is 1.66. The van der Waals surface area contributed by atoms with Gasteiger partial charge in [0.2, 0.25) is 0 Å². The second-order valence-electron chi connectivity index (χ2n) is 11.7. The van der Waals surface area contributed by atoms with Crippen LogP contribution in [0.4, 0.5) is 4.39 Å². The molecule has 0 spiro atoms. The van der Waals surface area contributed by atoms with Crippen LogP contribution < -0.4 is 0 Å². The van der Waals surface area contributed by atoms with E-state index >= 15 is 4.39 Å². The average Bonchev–Trinajstić information content (AvgIpc) is 3.30. The number of benzene rings is 4. The van der Waals surface area contributed by atoms with Crippen LogP contribution >= 0.6 is 0 Å². The number of aromatic nitrogens is 1. The number of nitriles is 1. The van der Waals surface area contributed by atoms with E-state index in [-0.39, 0.29) is 11.2 Å². The van der Waals surface area contributed by atoms with Crippen LogP contribution in [-0.4, -0.2) is 20.7 Å². The summed E-state index contributed by atoms with van der Waals surface area (Å²) in [6.45, 7) is 6.33. The maximum atomic E-state index is 15.6. The van der Waals surface area contributed by atoms with Gasteiger partial charge in [0.15, 0.2) is 0 Å². The lowest BCUT2D eigenvalue weighted by Crippen LogP contribution is -2.42. The number of rotatable bonds is 3. The predicted molar refractivity (Wildman–Crippen MR) is 163 cm³/mol. The SMILES string of the molecule is BC(B)(c1cnc(-c2cccc3c2oc2c(-c4ccc5ccccc5c4)c(C#N)ccc23)cc1F)C(C)(C)C. The summed E-state index contributed by atoms with van der Waals surface area (Å²) in [7, 11) is 4.10. The van der Waals surface area contributed by atoms with Gasteiger partial charge in [0.05, 0.1) is 17.3 Å². The van der Waals surface area contributed by atoms with E-state index in [4.69, 9.17) is 9.40 Å². The Morgan fingerprint density at radius 2 is 1.59 bits per heavy atom. The van der Waals surface area contributed by atoms with E-state index in [0.717, 1.165) is 32.7 Å². The molecule has 0 saturated carbocycles. The third-order valence-electron chi connectivity index (χ3n) is 8.50. The van der Waals surface area contributed by atoms with E-state index in [1.165, 1.54) is 6.07 Å². The van der Waals surface area contributed by atoms with Gasteiger partial charge in [-0.25, -0.2) is 4.39 Å². The number of fused-ring (bicyclic) bond motifs is 4. The highest BCUT2D eigenvalue weighted by molar-refractivity contribution is 6.40. The number of para-hydroxylation sites is 1. The summed E-state index contributed by atoms with van der Waals surface area (Å²) >= 11 is 0. The van der Waals surface area contributed by atoms with Crippen LogP contribution in [0, 0.1) is 22.6 Å². The van der Waals surface area contributed by atoms with Crippen LogP contribution in [0.2, 0.25) is 0 Å². The molecule has 0 aliphatic carbocycles. The molecule has 0 fully saturated rings. The van der Waals surface area contributed by atoms with Gasteiger partial charge in [0.25, 0.3) is 0 Å². The molecule has 4 aromatic carbocycles. The summed E-state index contributed by atoms with van der Waals surface area (Å²) in [5.74, 6) is -0.281. The van der Waals surface area contributed by atoms with E-state index in [0.29, 0.717) is 33.6 Å². The molecule has 2 heterocycles. The molecule has 0 aliphatic heterocycles. The molecule has 0 amide bonds. The first-order valence-corrected chi connectivity index (χ1v) is 13.1. The second-order valence-corrected chi connectivity index (χ2v) is 11.7. The van der Waals surface area contributed by atoms with Gasteiger partial charge >= 0.3 is 0 Å². The van der Waals surface area contributed by atoms with Crippen LogP contribution in [0.1, 0.15) is 31.9 Å². The molecule has 6 heteroatoms. The molecule has 39 heavy (non-hydrogen) atoms. The first-order valence-electron chi connectivity index (χ1n) is 13.1. The lowest BCUT2D eigenvalue weighted by Gasteiger charge is -2.39. The number of halogens is 1. The number of nitrogens with zero attached hydrogens (tertiary/aromatic N) is 2. The lowest BCUT2D eigenvalue weighted by atomic mass is 9.41. The Balaban J connectivity index is 1.57. The zero-order valence-corrected chi connectivity index (χ0v) is 22.8. The van der Waals surface area contributed by atoms with E-state index in [1.807, 2.05) is 64.2 Å². The third kappa shape index (κ3) is 3.92. The third-order valence-corrected chi connectivity index (χ3v) is 8.50. The fourth-order valence-electron chi connectivity index (χ4n) is 5.23. The van der Waals surface area contributed by atoms with Crippen molar-refractivity contribution in [1.82, 2.24) is 4.98 Å². The number of hydrogen-bond donors (Lipinski definition) is 0. The van der Waals surface area contributed by atoms with Gasteiger partial charge in [0.1, 0.15) is 32.7 Å². The molecule has 6 rings (SSSR count). The largest absolute Gasteiger partial charge is 0.455 e. The van der Waals surface area contributed by atoms with Crippen molar-refractivity contribution >= 4 is 48.4 Å². The topological polar surface area (TPSA) is 49.8 Å². The van der Waals surface area contributed by atoms with Crippen molar-refractivity contribution in [3.8, 4) is 28.5 Å². The minimum atomic E-state index is -0.406. The second kappa shape index (κ2) is 8.85. The van der Waals surface area contributed by atoms with Crippen molar-refractivity contribution in [2.24, 2.45) is 5.41 Å². The normalized spacial score (nSPS) is 12.3. The average molecular weight is 508 g/mol. The Bertz CT molecular complexity index is 1960. The van der Waals surface area contributed by atoms with Crippen LogP contribution in [0.3, 0.4) is 0 Å². The molecule has 0 aliphatic rings. The monoisotopic (exact) mass is 508 g/mol. The van der Waals surface area contributed by atoms with Crippen molar-refractivity contribution in [1.29, 1.82) is 5.26 Å². The Hall–Kier alpha value is -4.36. The lowest BCUT2D eigenvalue weighted by molar-refractivity contribution is 0.349. The molecule has 0 saturated heterocycles. The van der Waals surface area contributed by atoms with Crippen molar-refractivity contribution in [2.45, 2.75) is 26.0 Å². The van der Waals surface area contributed by atoms with Gasteiger partial charge in [-0.05, 0) is 51.6 Å². The number of pyridine rings is 1. The summed E-state index contributed by atoms with van der Waals surface area (Å²) < 4.78 is 22.1. The minimum absolute atomic E-state index is 0.145. The number of furan rings is 1. The molecule has 0 atom stereocenters. The summed E-state index contributed by atoms with van der Waals surface area (Å²) in [5.41, 5.74) is 5.14. The first-order chi connectivity index (χ1) is 18.6. The maximum absolute atomic E-state index is 15.6. The van der Waals surface area contributed by atoms with Crippen LogP contribution in [0.15, 0.2) is 89.5 Å². The maximum Gasteiger partial charge on any atom is 0.144 e. The van der Waals surface area contributed by atoms with Crippen molar-refractivity contribution < 1.29 is 8.81 Å². The van der Waals surface area contributed by atoms with E-state index in [2.05, 4.69) is 51.1 Å². The van der Waals surface area contributed by atoms with Gasteiger partial charge in [-0.1, -0.05) is 74.5 Å². The summed E-state index contributed by atoms with van der Waals surface area (Å²) in [6, 6.07) is 27.8. The summed E-state index contributed by atoms with van der Waals surface area (Å²) in [5, 5.41) is 13.6. The Labute approximate surface area is 229 Å². The fourth-order valence-corrected chi connectivity index (χ4v) is 5.23. The van der Waals surface area contributed by atoms with E-state index in [1.54, 1.807) is 6.20 Å². The quantitative estimate of drug-likeness (QED) is 0.243. The highest BCUT2D eigenvalue weighted by Gasteiger charge is 2.36. The standard InChI is InChI=1S/C33H27B2FN2O/c1-32(2,3)33(34,35)26-18-38-28(16-27(26)36)25-10-6-9-23-24-14-13-22(17-37)29(31(24)39-30(23)25)21-12-11-19-7-4-5-8-20(19)15-21/h4-16,18H,34-35H2,1-3H3. The van der Waals surface area contributed by atoms with E-state index in [9.17, 15) is 5.26 Å². The van der Waals surface area contributed by atoms with Crippen molar-refractivity contribution in [3.05, 3.63) is 102 Å². The molecular formula is C33H27B2FN2O. The Morgan fingerprint density at radius 1 is 0.846 bits per heavy atom. The molecule has 0 unspecified atom stereocenters. The van der Waals surface area contributed by atoms with Gasteiger partial charge in [0, 0.05) is 34.2 Å². The fraction of sp³-hybridized carbons (Fsp3) is 0.152. The molecular weight excluding hydrogens is 481 g/mol. The molecule has 0 bridgehead atoms. The molecule has 0 radical (unpaired) electrons. The summed E-state index contributed by atoms with van der Waals surface area (Å²) in [4.78, 5) is 4.71. The van der Waals surface area contributed by atoms with Gasteiger partial charge in [-0.2, -0.15) is 5.26 Å². The Kier molecular flexibility index (Phi) is 5.66. The van der Waals surface area contributed by atoms with Crippen LogP contribution in [0.25, 0.3) is 55.1 Å². The molecule has 3 nitrogen and oxygen atoms in total. The van der Waals surface area contributed by atoms with E-state index < -0.39 is 5.21 Å². The molecule has 6 aromatic rings. The number of hydrogen-bond acceptors (Lipinski definition) is 3. The highest BCUT2D eigenvalue weighted by atomic mass is 19.1. The first kappa shape index (κ1) is 24.9. The molecule has 0 N–H and O–H groups in total. The van der Waals surface area contributed by atoms with Crippen molar-refractivity contribution in [3.63, 3.8) is 0 Å². The van der Waals surface area contributed by atoms with Crippen LogP contribution in [0.5, 0.6) is 0 Å². The van der Waals surface area contributed by atoms with Gasteiger partial charge in [-0.15, -0.1) is 0 Å². The van der Waals surface area contributed by atoms with Crippen molar-refractivity contribution in [2.75, 3.05) is 0 Å². The minimum Gasteiger partial charge on any atom is -0.455 e.